The number of halogens is 3. The van der Waals surface area contributed by atoms with E-state index in [1.165, 1.54) is 12.1 Å². The Labute approximate surface area is 147 Å². The first-order chi connectivity index (χ1) is 11.1. The molecular weight excluding hydrogens is 385 g/mol. The summed E-state index contributed by atoms with van der Waals surface area (Å²) in [6.45, 7) is 0.852. The summed E-state index contributed by atoms with van der Waals surface area (Å²) < 4.78 is 20.0. The first-order valence-corrected chi connectivity index (χ1v) is 8.64. The minimum atomic E-state index is -0.479. The Bertz CT molecular complexity index is 695. The fraction of sp³-hybridized carbons (Fsp3) is 0.375. The van der Waals surface area contributed by atoms with Crippen LogP contribution in [0.4, 0.5) is 16.0 Å². The number of nitrogens with one attached hydrogen (secondary N) is 1. The molecule has 0 radical (unpaired) electrons. The quantitative estimate of drug-likeness (QED) is 0.776. The van der Waals surface area contributed by atoms with Crippen LogP contribution in [0.3, 0.4) is 0 Å². The summed E-state index contributed by atoms with van der Waals surface area (Å²) in [7, 11) is 0. The van der Waals surface area contributed by atoms with Crippen LogP contribution in [0.15, 0.2) is 28.9 Å². The molecule has 0 bridgehead atoms. The molecule has 1 aromatic heterocycles. The summed E-state index contributed by atoms with van der Waals surface area (Å²) in [5.41, 5.74) is 1.46. The maximum atomic E-state index is 13.5. The van der Waals surface area contributed by atoms with Crippen molar-refractivity contribution in [3.05, 3.63) is 45.4 Å². The molecule has 0 saturated carbocycles. The van der Waals surface area contributed by atoms with Crippen LogP contribution >= 0.6 is 27.5 Å². The molecule has 2 aromatic rings. The van der Waals surface area contributed by atoms with Crippen LogP contribution in [0.2, 0.25) is 5.02 Å². The maximum Gasteiger partial charge on any atom is 0.227 e. The summed E-state index contributed by atoms with van der Waals surface area (Å²) in [6, 6.07) is 4.50. The smallest absolute Gasteiger partial charge is 0.227 e. The molecular formula is C16H16BrClFN3O. The second kappa shape index (κ2) is 7.55. The standard InChI is InChI=1S/C16H16BrClFN3O/c17-12-9-20-16(21-10-3-5-13(18)14(19)8-10)22-15(12)6-4-11-2-1-7-23-11/h3,5,8-9,11H,1-2,4,6-7H2,(H,20,21,22). The van der Waals surface area contributed by atoms with E-state index in [4.69, 9.17) is 16.3 Å². The van der Waals surface area contributed by atoms with Gasteiger partial charge in [0.05, 0.1) is 21.3 Å². The fourth-order valence-corrected chi connectivity index (χ4v) is 3.02. The van der Waals surface area contributed by atoms with E-state index in [1.54, 1.807) is 12.3 Å². The minimum absolute atomic E-state index is 0.0875. The third kappa shape index (κ3) is 4.40. The van der Waals surface area contributed by atoms with Crippen molar-refractivity contribution in [1.82, 2.24) is 9.97 Å². The zero-order valence-corrected chi connectivity index (χ0v) is 14.7. The Kier molecular flexibility index (Phi) is 5.46. The molecule has 1 fully saturated rings. The average molecular weight is 401 g/mol. The number of ether oxygens (including phenoxy) is 1. The van der Waals surface area contributed by atoms with Crippen LogP contribution in [0.25, 0.3) is 0 Å². The Morgan fingerprint density at radius 2 is 2.30 bits per heavy atom. The van der Waals surface area contributed by atoms with E-state index in [9.17, 15) is 4.39 Å². The van der Waals surface area contributed by atoms with Crippen molar-refractivity contribution in [3.63, 3.8) is 0 Å². The van der Waals surface area contributed by atoms with Gasteiger partial charge in [0.1, 0.15) is 5.82 Å². The molecule has 23 heavy (non-hydrogen) atoms. The third-order valence-electron chi connectivity index (χ3n) is 3.72. The highest BCUT2D eigenvalue weighted by Crippen LogP contribution is 2.24. The van der Waals surface area contributed by atoms with Crippen LogP contribution in [0.1, 0.15) is 25.0 Å². The molecule has 1 saturated heterocycles. The van der Waals surface area contributed by atoms with E-state index in [-0.39, 0.29) is 5.02 Å². The number of rotatable bonds is 5. The van der Waals surface area contributed by atoms with Gasteiger partial charge < -0.3 is 10.1 Å². The van der Waals surface area contributed by atoms with E-state index in [2.05, 4.69) is 31.2 Å². The van der Waals surface area contributed by atoms with Gasteiger partial charge in [-0.25, -0.2) is 14.4 Å². The van der Waals surface area contributed by atoms with Crippen molar-refractivity contribution in [1.29, 1.82) is 0 Å². The second-order valence-corrected chi connectivity index (χ2v) is 6.68. The Hall–Kier alpha value is -1.24. The van der Waals surface area contributed by atoms with Crippen molar-refractivity contribution in [2.24, 2.45) is 0 Å². The van der Waals surface area contributed by atoms with Crippen molar-refractivity contribution in [3.8, 4) is 0 Å². The Morgan fingerprint density at radius 1 is 1.43 bits per heavy atom. The largest absolute Gasteiger partial charge is 0.378 e. The number of hydrogen-bond donors (Lipinski definition) is 1. The Morgan fingerprint density at radius 3 is 3.04 bits per heavy atom. The van der Waals surface area contributed by atoms with Crippen molar-refractivity contribution < 1.29 is 9.13 Å². The molecule has 0 amide bonds. The third-order valence-corrected chi connectivity index (χ3v) is 4.69. The van der Waals surface area contributed by atoms with Crippen LogP contribution in [0.5, 0.6) is 0 Å². The highest BCUT2D eigenvalue weighted by molar-refractivity contribution is 9.10. The van der Waals surface area contributed by atoms with Gasteiger partial charge >= 0.3 is 0 Å². The number of hydrogen-bond acceptors (Lipinski definition) is 4. The summed E-state index contributed by atoms with van der Waals surface area (Å²) in [5.74, 6) is -0.0513. The predicted molar refractivity (Wildman–Crippen MR) is 91.7 cm³/mol. The molecule has 0 aliphatic carbocycles. The Balaban J connectivity index is 1.69. The van der Waals surface area contributed by atoms with E-state index in [1.807, 2.05) is 0 Å². The predicted octanol–water partition coefficient (Wildman–Crippen LogP) is 4.89. The monoisotopic (exact) mass is 399 g/mol. The summed E-state index contributed by atoms with van der Waals surface area (Å²) in [5, 5.41) is 3.08. The molecule has 2 heterocycles. The van der Waals surface area contributed by atoms with Gasteiger partial charge in [0, 0.05) is 18.5 Å². The van der Waals surface area contributed by atoms with Gasteiger partial charge in [0.25, 0.3) is 0 Å². The van der Waals surface area contributed by atoms with Gasteiger partial charge in [0.2, 0.25) is 5.95 Å². The van der Waals surface area contributed by atoms with E-state index < -0.39 is 5.82 Å². The van der Waals surface area contributed by atoms with Crippen molar-refractivity contribution in [2.45, 2.75) is 31.8 Å². The second-order valence-electron chi connectivity index (χ2n) is 5.42. The van der Waals surface area contributed by atoms with E-state index in [0.717, 1.165) is 42.5 Å². The zero-order chi connectivity index (χ0) is 16.2. The lowest BCUT2D eigenvalue weighted by molar-refractivity contribution is 0.104. The summed E-state index contributed by atoms with van der Waals surface area (Å²) in [6.07, 6.45) is 6.00. The van der Waals surface area contributed by atoms with Crippen LogP contribution < -0.4 is 5.32 Å². The van der Waals surface area contributed by atoms with Gasteiger partial charge in [-0.3, -0.25) is 0 Å². The number of anilines is 2. The van der Waals surface area contributed by atoms with Crippen LogP contribution in [-0.2, 0) is 11.2 Å². The first kappa shape index (κ1) is 16.6. The molecule has 1 unspecified atom stereocenters. The molecule has 3 rings (SSSR count). The summed E-state index contributed by atoms with van der Waals surface area (Å²) >= 11 is 9.16. The van der Waals surface area contributed by atoms with Crippen molar-refractivity contribution in [2.75, 3.05) is 11.9 Å². The topological polar surface area (TPSA) is 47.0 Å². The lowest BCUT2D eigenvalue weighted by Gasteiger charge is -2.11. The lowest BCUT2D eigenvalue weighted by Crippen LogP contribution is -2.08. The number of aromatic nitrogens is 2. The minimum Gasteiger partial charge on any atom is -0.378 e. The first-order valence-electron chi connectivity index (χ1n) is 7.47. The van der Waals surface area contributed by atoms with Crippen molar-refractivity contribution >= 4 is 39.2 Å². The molecule has 1 aliphatic rings. The van der Waals surface area contributed by atoms with Gasteiger partial charge in [-0.1, -0.05) is 11.6 Å². The highest BCUT2D eigenvalue weighted by atomic mass is 79.9. The van der Waals surface area contributed by atoms with Crippen LogP contribution in [0, 0.1) is 5.82 Å². The van der Waals surface area contributed by atoms with Gasteiger partial charge in [0.15, 0.2) is 0 Å². The SMILES string of the molecule is Fc1cc(Nc2ncc(Br)c(CCC3CCCO3)n2)ccc1Cl. The van der Waals surface area contributed by atoms with Gasteiger partial charge in [-0.2, -0.15) is 0 Å². The highest BCUT2D eigenvalue weighted by Gasteiger charge is 2.16. The average Bonchev–Trinajstić information content (AvgIpc) is 3.05. The molecule has 1 aromatic carbocycles. The van der Waals surface area contributed by atoms with Gasteiger partial charge in [-0.15, -0.1) is 0 Å². The number of aryl methyl sites for hydroxylation is 1. The normalized spacial score (nSPS) is 17.4. The number of benzene rings is 1. The van der Waals surface area contributed by atoms with E-state index >= 15 is 0 Å². The molecule has 1 aliphatic heterocycles. The molecule has 122 valence electrons. The summed E-state index contributed by atoms with van der Waals surface area (Å²) in [4.78, 5) is 8.71. The molecule has 1 N–H and O–H groups in total. The van der Waals surface area contributed by atoms with Gasteiger partial charge in [-0.05, 0) is 59.8 Å². The lowest BCUT2D eigenvalue weighted by atomic mass is 10.1. The molecule has 1 atom stereocenters. The number of nitrogens with zero attached hydrogens (tertiary/aromatic N) is 2. The van der Waals surface area contributed by atoms with Crippen LogP contribution in [-0.4, -0.2) is 22.7 Å². The fourth-order valence-electron chi connectivity index (χ4n) is 2.51. The van der Waals surface area contributed by atoms with E-state index in [0.29, 0.717) is 17.7 Å². The molecule has 0 spiro atoms. The molecule has 4 nitrogen and oxygen atoms in total. The zero-order valence-electron chi connectivity index (χ0n) is 12.4. The molecule has 7 heteroatoms. The maximum absolute atomic E-state index is 13.5.